The highest BCUT2D eigenvalue weighted by Gasteiger charge is 2.25. The van der Waals surface area contributed by atoms with Crippen LogP contribution < -0.4 is 14.8 Å². The fourth-order valence-electron chi connectivity index (χ4n) is 3.96. The van der Waals surface area contributed by atoms with Gasteiger partial charge in [-0.2, -0.15) is 0 Å². The molecule has 1 saturated heterocycles. The predicted octanol–water partition coefficient (Wildman–Crippen LogP) is 4.70. The fraction of sp³-hybridized carbons (Fsp3) is 0.391. The summed E-state index contributed by atoms with van der Waals surface area (Å²) in [5.74, 6) is 1.95. The highest BCUT2D eigenvalue weighted by Crippen LogP contribution is 2.35. The molecular formula is C23H27Cl2N5O2. The molecule has 2 heterocycles. The van der Waals surface area contributed by atoms with E-state index in [0.29, 0.717) is 40.0 Å². The molecule has 1 fully saturated rings. The summed E-state index contributed by atoms with van der Waals surface area (Å²) in [5, 5.41) is 5.07. The zero-order valence-corrected chi connectivity index (χ0v) is 20.0. The number of benzene rings is 2. The first-order chi connectivity index (χ1) is 15.5. The van der Waals surface area contributed by atoms with Crippen LogP contribution >= 0.6 is 23.2 Å². The van der Waals surface area contributed by atoms with Crippen molar-refractivity contribution in [1.82, 2.24) is 19.8 Å². The highest BCUT2D eigenvalue weighted by molar-refractivity contribution is 6.42. The lowest BCUT2D eigenvalue weighted by Crippen LogP contribution is -2.53. The SMILES string of the molecule is CCN1CCN(C)CC1COc1cc2ncnc(Nc3ccc(Cl)c(Cl)c3)c2cc1OC. The number of likely N-dealkylation sites (N-methyl/N-ethyl adjacent to an activating group) is 2. The molecule has 1 N–H and O–H groups in total. The van der Waals surface area contributed by atoms with Crippen molar-refractivity contribution in [3.8, 4) is 11.5 Å². The summed E-state index contributed by atoms with van der Waals surface area (Å²) in [5.41, 5.74) is 1.53. The van der Waals surface area contributed by atoms with Crippen molar-refractivity contribution < 1.29 is 9.47 Å². The molecule has 0 aliphatic carbocycles. The molecule has 1 aliphatic heterocycles. The molecule has 0 amide bonds. The second-order valence-electron chi connectivity index (χ2n) is 7.85. The molecule has 0 radical (unpaired) electrons. The first-order valence-electron chi connectivity index (χ1n) is 10.6. The van der Waals surface area contributed by atoms with Crippen LogP contribution in [-0.4, -0.2) is 72.8 Å². The number of fused-ring (bicyclic) bond motifs is 1. The fourth-order valence-corrected chi connectivity index (χ4v) is 4.25. The van der Waals surface area contributed by atoms with Crippen LogP contribution in [0.5, 0.6) is 11.5 Å². The Morgan fingerprint density at radius 1 is 1.09 bits per heavy atom. The molecule has 2 aromatic carbocycles. The van der Waals surface area contributed by atoms with Gasteiger partial charge in [0.1, 0.15) is 18.8 Å². The minimum Gasteiger partial charge on any atom is -0.493 e. The molecule has 0 spiro atoms. The number of piperazine rings is 1. The summed E-state index contributed by atoms with van der Waals surface area (Å²) in [6.07, 6.45) is 1.52. The van der Waals surface area contributed by atoms with Crippen molar-refractivity contribution in [3.05, 3.63) is 46.7 Å². The van der Waals surface area contributed by atoms with Gasteiger partial charge >= 0.3 is 0 Å². The standard InChI is InChI=1S/C23H27Cl2N5O2/c1-4-30-8-7-29(2)12-16(30)13-32-22-11-20-17(10-21(22)31-3)23(27-14-26-20)28-15-5-6-18(24)19(25)9-15/h5-6,9-11,14,16H,4,7-8,12-13H2,1-3H3,(H,26,27,28). The van der Waals surface area contributed by atoms with Gasteiger partial charge < -0.3 is 19.7 Å². The molecule has 1 aliphatic rings. The third kappa shape index (κ3) is 5.02. The van der Waals surface area contributed by atoms with Gasteiger partial charge in [0.15, 0.2) is 11.5 Å². The lowest BCUT2D eigenvalue weighted by Gasteiger charge is -2.39. The molecule has 9 heteroatoms. The van der Waals surface area contributed by atoms with E-state index in [9.17, 15) is 0 Å². The van der Waals surface area contributed by atoms with Gasteiger partial charge in [0.2, 0.25) is 0 Å². The Bertz CT molecular complexity index is 1100. The molecule has 170 valence electrons. The second kappa shape index (κ2) is 10.1. The number of nitrogens with one attached hydrogen (secondary N) is 1. The number of anilines is 2. The molecule has 32 heavy (non-hydrogen) atoms. The van der Waals surface area contributed by atoms with Gasteiger partial charge in [-0.15, -0.1) is 0 Å². The van der Waals surface area contributed by atoms with Gasteiger partial charge in [0, 0.05) is 36.8 Å². The zero-order valence-electron chi connectivity index (χ0n) is 18.4. The maximum Gasteiger partial charge on any atom is 0.163 e. The van der Waals surface area contributed by atoms with Crippen LogP contribution in [-0.2, 0) is 0 Å². The largest absolute Gasteiger partial charge is 0.493 e. The number of halogens is 2. The number of nitrogens with zero attached hydrogens (tertiary/aromatic N) is 4. The van der Waals surface area contributed by atoms with Crippen molar-refractivity contribution in [2.75, 3.05) is 52.3 Å². The number of aromatic nitrogens is 2. The third-order valence-electron chi connectivity index (χ3n) is 5.75. The van der Waals surface area contributed by atoms with Crippen LogP contribution in [0.3, 0.4) is 0 Å². The average Bonchev–Trinajstić information content (AvgIpc) is 2.79. The topological polar surface area (TPSA) is 62.8 Å². The number of hydrogen-bond acceptors (Lipinski definition) is 7. The Labute approximate surface area is 198 Å². The molecule has 4 rings (SSSR count). The highest BCUT2D eigenvalue weighted by atomic mass is 35.5. The van der Waals surface area contributed by atoms with Crippen molar-refractivity contribution in [3.63, 3.8) is 0 Å². The van der Waals surface area contributed by atoms with Crippen molar-refractivity contribution in [2.45, 2.75) is 13.0 Å². The van der Waals surface area contributed by atoms with Crippen molar-refractivity contribution in [1.29, 1.82) is 0 Å². The lowest BCUT2D eigenvalue weighted by atomic mass is 10.1. The summed E-state index contributed by atoms with van der Waals surface area (Å²) >= 11 is 12.2. The molecule has 0 bridgehead atoms. The van der Waals surface area contributed by atoms with Crippen molar-refractivity contribution >= 4 is 45.6 Å². The summed E-state index contributed by atoms with van der Waals surface area (Å²) in [7, 11) is 3.78. The van der Waals surface area contributed by atoms with Crippen LogP contribution in [0.4, 0.5) is 11.5 Å². The number of hydrogen-bond donors (Lipinski definition) is 1. The van der Waals surface area contributed by atoms with Gasteiger partial charge in [0.25, 0.3) is 0 Å². The van der Waals surface area contributed by atoms with E-state index in [0.717, 1.165) is 42.8 Å². The van der Waals surface area contributed by atoms with Crippen LogP contribution in [0.2, 0.25) is 10.0 Å². The maximum atomic E-state index is 6.24. The molecule has 1 unspecified atom stereocenters. The number of methoxy groups -OCH3 is 1. The van der Waals surface area contributed by atoms with Gasteiger partial charge in [0.05, 0.1) is 28.7 Å². The first kappa shape index (κ1) is 22.9. The van der Waals surface area contributed by atoms with E-state index in [1.54, 1.807) is 19.2 Å². The van der Waals surface area contributed by atoms with Gasteiger partial charge in [-0.05, 0) is 37.9 Å². The van der Waals surface area contributed by atoms with E-state index in [4.69, 9.17) is 32.7 Å². The van der Waals surface area contributed by atoms with E-state index in [-0.39, 0.29) is 0 Å². The van der Waals surface area contributed by atoms with Crippen LogP contribution in [0.1, 0.15) is 6.92 Å². The molecule has 0 saturated carbocycles. The monoisotopic (exact) mass is 475 g/mol. The minimum atomic E-state index is 0.330. The number of rotatable bonds is 7. The zero-order chi connectivity index (χ0) is 22.7. The van der Waals surface area contributed by atoms with Crippen molar-refractivity contribution in [2.24, 2.45) is 0 Å². The van der Waals surface area contributed by atoms with E-state index in [1.807, 2.05) is 18.2 Å². The van der Waals surface area contributed by atoms with E-state index in [1.165, 1.54) is 6.33 Å². The van der Waals surface area contributed by atoms with Crippen LogP contribution in [0.25, 0.3) is 10.9 Å². The van der Waals surface area contributed by atoms with Gasteiger partial charge in [-0.25, -0.2) is 9.97 Å². The Morgan fingerprint density at radius 3 is 2.69 bits per heavy atom. The maximum absolute atomic E-state index is 6.24. The normalized spacial score (nSPS) is 17.5. The summed E-state index contributed by atoms with van der Waals surface area (Å²) in [6, 6.07) is 9.47. The predicted molar refractivity (Wildman–Crippen MR) is 130 cm³/mol. The Morgan fingerprint density at radius 2 is 1.94 bits per heavy atom. The molecule has 3 aromatic rings. The third-order valence-corrected chi connectivity index (χ3v) is 6.49. The van der Waals surface area contributed by atoms with Crippen LogP contribution in [0.15, 0.2) is 36.7 Å². The lowest BCUT2D eigenvalue weighted by molar-refractivity contribution is 0.0616. The first-order valence-corrected chi connectivity index (χ1v) is 11.3. The number of ether oxygens (including phenoxy) is 2. The molecule has 7 nitrogen and oxygen atoms in total. The summed E-state index contributed by atoms with van der Waals surface area (Å²) < 4.78 is 11.9. The Hall–Kier alpha value is -2.32. The van der Waals surface area contributed by atoms with Gasteiger partial charge in [-0.3, -0.25) is 4.90 Å². The average molecular weight is 476 g/mol. The van der Waals surface area contributed by atoms with E-state index >= 15 is 0 Å². The quantitative estimate of drug-likeness (QED) is 0.530. The smallest absolute Gasteiger partial charge is 0.163 e. The van der Waals surface area contributed by atoms with E-state index < -0.39 is 0 Å². The second-order valence-corrected chi connectivity index (χ2v) is 8.67. The summed E-state index contributed by atoms with van der Waals surface area (Å²) in [4.78, 5) is 13.6. The van der Waals surface area contributed by atoms with Gasteiger partial charge in [-0.1, -0.05) is 30.1 Å². The minimum absolute atomic E-state index is 0.330. The van der Waals surface area contributed by atoms with Crippen LogP contribution in [0, 0.1) is 0 Å². The Kier molecular flexibility index (Phi) is 7.20. The molecule has 1 atom stereocenters. The molecule has 1 aromatic heterocycles. The Balaban J connectivity index is 1.59. The van der Waals surface area contributed by atoms with E-state index in [2.05, 4.69) is 39.1 Å². The molecular weight excluding hydrogens is 449 g/mol. The summed E-state index contributed by atoms with van der Waals surface area (Å²) in [6.45, 7) is 6.88.